The number of hydrogen-bond donors (Lipinski definition) is 0. The highest BCUT2D eigenvalue weighted by Crippen LogP contribution is 2.21. The van der Waals surface area contributed by atoms with Crippen LogP contribution in [-0.4, -0.2) is 22.7 Å². The van der Waals surface area contributed by atoms with Gasteiger partial charge in [0.1, 0.15) is 5.75 Å². The Bertz CT molecular complexity index is 627. The second kappa shape index (κ2) is 5.52. The van der Waals surface area contributed by atoms with Gasteiger partial charge in [-0.15, -0.1) is 0 Å². The highest BCUT2D eigenvalue weighted by atomic mass is 16.5. The number of nitrogens with zero attached hydrogens (tertiary/aromatic N) is 2. The standard InChI is InChI=1S/C15H16N2O2/c1-11-4-7-15(19-3)12(8-11)5-6-14(18)13-9-16-17(2)10-13/h4-10H,1-3H3/b6-5-. The molecular weight excluding hydrogens is 240 g/mol. The number of methoxy groups -OCH3 is 1. The van der Waals surface area contributed by atoms with Crippen LogP contribution in [0.25, 0.3) is 6.08 Å². The van der Waals surface area contributed by atoms with Crippen molar-refractivity contribution in [3.05, 3.63) is 53.4 Å². The summed E-state index contributed by atoms with van der Waals surface area (Å²) in [6.07, 6.45) is 6.55. The zero-order valence-electron chi connectivity index (χ0n) is 11.3. The van der Waals surface area contributed by atoms with Gasteiger partial charge in [-0.2, -0.15) is 5.10 Å². The monoisotopic (exact) mass is 256 g/mol. The molecule has 0 saturated carbocycles. The number of rotatable bonds is 4. The number of carbonyl (C=O) groups excluding carboxylic acids is 1. The summed E-state index contributed by atoms with van der Waals surface area (Å²) in [4.78, 5) is 11.9. The molecule has 1 heterocycles. The normalized spacial score (nSPS) is 10.9. The van der Waals surface area contributed by atoms with Crippen LogP contribution in [0.2, 0.25) is 0 Å². The first-order chi connectivity index (χ1) is 9.10. The Morgan fingerprint density at radius 2 is 2.21 bits per heavy atom. The number of hydrogen-bond acceptors (Lipinski definition) is 3. The number of benzene rings is 1. The van der Waals surface area contributed by atoms with Gasteiger partial charge in [-0.1, -0.05) is 11.6 Å². The summed E-state index contributed by atoms with van der Waals surface area (Å²) in [5.41, 5.74) is 2.58. The van der Waals surface area contributed by atoms with Crippen LogP contribution in [0.1, 0.15) is 21.5 Å². The summed E-state index contributed by atoms with van der Waals surface area (Å²) in [5.74, 6) is 0.678. The maximum Gasteiger partial charge on any atom is 0.189 e. The number of ether oxygens (including phenoxy) is 1. The van der Waals surface area contributed by atoms with Crippen LogP contribution in [0, 0.1) is 6.92 Å². The smallest absolute Gasteiger partial charge is 0.189 e. The topological polar surface area (TPSA) is 44.1 Å². The quantitative estimate of drug-likeness (QED) is 0.624. The lowest BCUT2D eigenvalue weighted by molar-refractivity contribution is 0.104. The van der Waals surface area contributed by atoms with Crippen molar-refractivity contribution in [2.45, 2.75) is 6.92 Å². The van der Waals surface area contributed by atoms with Crippen LogP contribution in [0.3, 0.4) is 0 Å². The summed E-state index contributed by atoms with van der Waals surface area (Å²) >= 11 is 0. The highest BCUT2D eigenvalue weighted by molar-refractivity contribution is 6.06. The Morgan fingerprint density at radius 1 is 1.42 bits per heavy atom. The average Bonchev–Trinajstić information content (AvgIpc) is 2.83. The predicted molar refractivity (Wildman–Crippen MR) is 74.3 cm³/mol. The van der Waals surface area contributed by atoms with Crippen molar-refractivity contribution in [3.63, 3.8) is 0 Å². The molecule has 98 valence electrons. The fourth-order valence-corrected chi connectivity index (χ4v) is 1.79. The molecule has 0 unspecified atom stereocenters. The molecule has 0 aliphatic rings. The van der Waals surface area contributed by atoms with Gasteiger partial charge in [0.15, 0.2) is 5.78 Å². The molecule has 4 heteroatoms. The Hall–Kier alpha value is -2.36. The highest BCUT2D eigenvalue weighted by Gasteiger charge is 2.05. The van der Waals surface area contributed by atoms with E-state index in [1.807, 2.05) is 25.1 Å². The van der Waals surface area contributed by atoms with Gasteiger partial charge in [0.25, 0.3) is 0 Å². The van der Waals surface area contributed by atoms with Gasteiger partial charge < -0.3 is 4.74 Å². The number of allylic oxidation sites excluding steroid dienone is 1. The van der Waals surface area contributed by atoms with Crippen LogP contribution in [0.4, 0.5) is 0 Å². The van der Waals surface area contributed by atoms with E-state index in [1.54, 1.807) is 37.3 Å². The molecule has 19 heavy (non-hydrogen) atoms. The van der Waals surface area contributed by atoms with Gasteiger partial charge >= 0.3 is 0 Å². The van der Waals surface area contributed by atoms with Gasteiger partial charge in [-0.05, 0) is 31.2 Å². The molecule has 1 aromatic heterocycles. The largest absolute Gasteiger partial charge is 0.496 e. The van der Waals surface area contributed by atoms with E-state index in [9.17, 15) is 4.79 Å². The predicted octanol–water partition coefficient (Wildman–Crippen LogP) is 2.63. The van der Waals surface area contributed by atoms with Crippen LogP contribution in [0.15, 0.2) is 36.7 Å². The Labute approximate surface area is 112 Å². The lowest BCUT2D eigenvalue weighted by atomic mass is 10.1. The van der Waals surface area contributed by atoms with Crippen LogP contribution >= 0.6 is 0 Å². The Kier molecular flexibility index (Phi) is 3.80. The SMILES string of the molecule is COc1ccc(C)cc1/C=C\C(=O)c1cnn(C)c1. The molecule has 0 N–H and O–H groups in total. The lowest BCUT2D eigenvalue weighted by Gasteiger charge is -2.05. The summed E-state index contributed by atoms with van der Waals surface area (Å²) in [7, 11) is 3.40. The molecule has 0 aliphatic carbocycles. The van der Waals surface area contributed by atoms with Gasteiger partial charge in [-0.25, -0.2) is 0 Å². The Balaban J connectivity index is 2.23. The van der Waals surface area contributed by atoms with E-state index in [1.165, 1.54) is 6.08 Å². The summed E-state index contributed by atoms with van der Waals surface area (Å²) in [5, 5.41) is 3.98. The van der Waals surface area contributed by atoms with Crippen LogP contribution in [0.5, 0.6) is 5.75 Å². The molecule has 0 spiro atoms. The second-order valence-electron chi connectivity index (χ2n) is 4.35. The first kappa shape index (κ1) is 13.1. The maximum atomic E-state index is 11.9. The molecule has 0 fully saturated rings. The maximum absolute atomic E-state index is 11.9. The molecule has 2 rings (SSSR count). The molecular formula is C15H16N2O2. The van der Waals surface area contributed by atoms with Crippen molar-refractivity contribution in [1.82, 2.24) is 9.78 Å². The van der Waals surface area contributed by atoms with E-state index >= 15 is 0 Å². The third-order valence-corrected chi connectivity index (χ3v) is 2.79. The number of carbonyl (C=O) groups is 1. The molecule has 0 amide bonds. The van der Waals surface area contributed by atoms with Crippen molar-refractivity contribution in [2.24, 2.45) is 7.05 Å². The van der Waals surface area contributed by atoms with Crippen molar-refractivity contribution in [2.75, 3.05) is 7.11 Å². The van der Waals surface area contributed by atoms with Gasteiger partial charge in [-0.3, -0.25) is 9.48 Å². The molecule has 2 aromatic rings. The zero-order valence-corrected chi connectivity index (χ0v) is 11.3. The van der Waals surface area contributed by atoms with Crippen molar-refractivity contribution >= 4 is 11.9 Å². The van der Waals surface area contributed by atoms with E-state index in [0.717, 1.165) is 16.9 Å². The first-order valence-corrected chi connectivity index (χ1v) is 5.96. The van der Waals surface area contributed by atoms with Gasteiger partial charge in [0, 0.05) is 18.8 Å². The van der Waals surface area contributed by atoms with Crippen LogP contribution in [-0.2, 0) is 7.05 Å². The van der Waals surface area contributed by atoms with Gasteiger partial charge in [0.2, 0.25) is 0 Å². The molecule has 0 aliphatic heterocycles. The number of aromatic nitrogens is 2. The van der Waals surface area contributed by atoms with Gasteiger partial charge in [0.05, 0.1) is 18.9 Å². The third-order valence-electron chi connectivity index (χ3n) is 2.79. The fourth-order valence-electron chi connectivity index (χ4n) is 1.79. The molecule has 4 nitrogen and oxygen atoms in total. The molecule has 0 atom stereocenters. The third kappa shape index (κ3) is 3.10. The Morgan fingerprint density at radius 3 is 2.84 bits per heavy atom. The number of ketones is 1. The number of aryl methyl sites for hydroxylation is 2. The minimum absolute atomic E-state index is 0.0725. The van der Waals surface area contributed by atoms with Crippen molar-refractivity contribution in [3.8, 4) is 5.75 Å². The fraction of sp³-hybridized carbons (Fsp3) is 0.200. The van der Waals surface area contributed by atoms with Crippen LogP contribution < -0.4 is 4.74 Å². The van der Waals surface area contributed by atoms with E-state index in [-0.39, 0.29) is 5.78 Å². The van der Waals surface area contributed by atoms with E-state index in [2.05, 4.69) is 5.10 Å². The molecule has 0 bridgehead atoms. The van der Waals surface area contributed by atoms with E-state index < -0.39 is 0 Å². The summed E-state index contributed by atoms with van der Waals surface area (Å²) < 4.78 is 6.87. The molecule has 0 saturated heterocycles. The summed E-state index contributed by atoms with van der Waals surface area (Å²) in [6.45, 7) is 2.00. The van der Waals surface area contributed by atoms with E-state index in [0.29, 0.717) is 5.56 Å². The van der Waals surface area contributed by atoms with Crippen molar-refractivity contribution in [1.29, 1.82) is 0 Å². The molecule has 0 radical (unpaired) electrons. The minimum atomic E-state index is -0.0725. The van der Waals surface area contributed by atoms with Crippen molar-refractivity contribution < 1.29 is 9.53 Å². The van der Waals surface area contributed by atoms with E-state index in [4.69, 9.17) is 4.74 Å². The second-order valence-corrected chi connectivity index (χ2v) is 4.35. The summed E-state index contributed by atoms with van der Waals surface area (Å²) in [6, 6.07) is 5.84. The lowest BCUT2D eigenvalue weighted by Crippen LogP contribution is -1.93. The molecule has 1 aromatic carbocycles. The zero-order chi connectivity index (χ0) is 13.8. The minimum Gasteiger partial charge on any atom is -0.496 e. The first-order valence-electron chi connectivity index (χ1n) is 5.96. The average molecular weight is 256 g/mol.